The topological polar surface area (TPSA) is 29.1 Å². The Hall–Kier alpha value is -1.09. The van der Waals surface area contributed by atoms with Crippen LogP contribution in [0.3, 0.4) is 0 Å². The Balaban J connectivity index is 1.63. The van der Waals surface area contributed by atoms with E-state index in [4.69, 9.17) is 0 Å². The molecule has 2 aliphatic carbocycles. The smallest absolute Gasteiger partial charge is 0.228 e. The van der Waals surface area contributed by atoms with Crippen LogP contribution in [0, 0.1) is 17.8 Å². The molecule has 0 aromatic heterocycles. The van der Waals surface area contributed by atoms with Gasteiger partial charge in [-0.15, -0.1) is 0 Å². The fourth-order valence-electron chi connectivity index (χ4n) is 3.23. The molecule has 0 heterocycles. The second-order valence-corrected chi connectivity index (χ2v) is 6.39. The minimum absolute atomic E-state index is 0.204. The molecule has 1 unspecified atom stereocenters. The third kappa shape index (κ3) is 2.92. The van der Waals surface area contributed by atoms with Crippen molar-refractivity contribution in [2.45, 2.75) is 25.7 Å². The van der Waals surface area contributed by atoms with Crippen LogP contribution in [0.15, 0.2) is 40.9 Å². The lowest BCUT2D eigenvalue weighted by Gasteiger charge is -2.05. The van der Waals surface area contributed by atoms with Gasteiger partial charge in [0.2, 0.25) is 5.91 Å². The van der Waals surface area contributed by atoms with Crippen LogP contribution in [0.25, 0.3) is 0 Å². The number of nitrogens with one attached hydrogen (secondary N) is 1. The number of halogens is 1. The molecular formula is C16H18BrNO. The normalized spacial score (nSPS) is 30.7. The maximum atomic E-state index is 12.3. The van der Waals surface area contributed by atoms with Crippen LogP contribution < -0.4 is 5.32 Å². The molecule has 0 saturated heterocycles. The van der Waals surface area contributed by atoms with Gasteiger partial charge in [0.1, 0.15) is 0 Å². The first-order valence-electron chi connectivity index (χ1n) is 6.97. The molecule has 1 aromatic rings. The molecule has 3 rings (SSSR count). The van der Waals surface area contributed by atoms with Crippen LogP contribution in [0.5, 0.6) is 0 Å². The Kier molecular flexibility index (Phi) is 3.74. The van der Waals surface area contributed by atoms with Crippen LogP contribution in [-0.4, -0.2) is 5.91 Å². The quantitative estimate of drug-likeness (QED) is 0.805. The van der Waals surface area contributed by atoms with Crippen molar-refractivity contribution >= 4 is 27.5 Å². The van der Waals surface area contributed by atoms with Gasteiger partial charge in [-0.2, -0.15) is 0 Å². The highest BCUT2D eigenvalue weighted by atomic mass is 79.9. The minimum Gasteiger partial charge on any atom is -0.326 e. The highest BCUT2D eigenvalue weighted by Gasteiger charge is 2.53. The number of fused-ring (bicyclic) bond motifs is 1. The van der Waals surface area contributed by atoms with Crippen molar-refractivity contribution in [3.8, 4) is 0 Å². The number of anilines is 1. The van der Waals surface area contributed by atoms with E-state index in [0.29, 0.717) is 11.8 Å². The fourth-order valence-corrected chi connectivity index (χ4v) is 3.63. The molecule has 1 fully saturated rings. The molecule has 1 amide bonds. The summed E-state index contributed by atoms with van der Waals surface area (Å²) >= 11 is 3.43. The minimum atomic E-state index is 0.204. The van der Waals surface area contributed by atoms with Gasteiger partial charge >= 0.3 is 0 Å². The van der Waals surface area contributed by atoms with Crippen molar-refractivity contribution in [1.29, 1.82) is 0 Å². The number of hydrogen-bond acceptors (Lipinski definition) is 1. The Morgan fingerprint density at radius 3 is 2.47 bits per heavy atom. The third-order valence-electron chi connectivity index (χ3n) is 4.23. The van der Waals surface area contributed by atoms with Gasteiger partial charge in [-0.1, -0.05) is 34.1 Å². The van der Waals surface area contributed by atoms with E-state index >= 15 is 0 Å². The largest absolute Gasteiger partial charge is 0.326 e. The lowest BCUT2D eigenvalue weighted by molar-refractivity contribution is -0.117. The molecule has 1 saturated carbocycles. The predicted octanol–water partition coefficient (Wildman–Crippen LogP) is 4.38. The van der Waals surface area contributed by atoms with Crippen molar-refractivity contribution in [2.24, 2.45) is 17.8 Å². The summed E-state index contributed by atoms with van der Waals surface area (Å²) in [5.74, 6) is 1.66. The highest BCUT2D eigenvalue weighted by molar-refractivity contribution is 9.10. The number of carbonyl (C=O) groups excluding carboxylic acids is 1. The van der Waals surface area contributed by atoms with Gasteiger partial charge in [-0.25, -0.2) is 0 Å². The van der Waals surface area contributed by atoms with E-state index < -0.39 is 0 Å². The first kappa shape index (κ1) is 12.9. The van der Waals surface area contributed by atoms with Crippen LogP contribution in [0.1, 0.15) is 25.7 Å². The van der Waals surface area contributed by atoms with Gasteiger partial charge in [-0.05, 0) is 55.7 Å². The van der Waals surface area contributed by atoms with Gasteiger partial charge in [0.25, 0.3) is 0 Å². The summed E-state index contributed by atoms with van der Waals surface area (Å²) in [6.45, 7) is 0. The van der Waals surface area contributed by atoms with Crippen LogP contribution in [0.2, 0.25) is 0 Å². The summed E-state index contributed by atoms with van der Waals surface area (Å²) in [4.78, 5) is 12.3. The molecule has 100 valence electrons. The number of rotatable bonds is 2. The van der Waals surface area contributed by atoms with E-state index in [1.54, 1.807) is 0 Å². The molecule has 2 nitrogen and oxygen atoms in total. The van der Waals surface area contributed by atoms with Crippen LogP contribution >= 0.6 is 15.9 Å². The monoisotopic (exact) mass is 319 g/mol. The van der Waals surface area contributed by atoms with E-state index in [1.807, 2.05) is 24.3 Å². The lowest BCUT2D eigenvalue weighted by Crippen LogP contribution is -2.15. The average molecular weight is 320 g/mol. The Morgan fingerprint density at radius 2 is 1.84 bits per heavy atom. The van der Waals surface area contributed by atoms with Crippen molar-refractivity contribution in [2.75, 3.05) is 5.32 Å². The molecule has 0 bridgehead atoms. The first-order chi connectivity index (χ1) is 9.25. The molecule has 3 heteroatoms. The number of allylic oxidation sites excluding steroid dienone is 2. The number of amides is 1. The van der Waals surface area contributed by atoms with Gasteiger partial charge in [0, 0.05) is 16.1 Å². The van der Waals surface area contributed by atoms with E-state index in [1.165, 1.54) is 0 Å². The first-order valence-corrected chi connectivity index (χ1v) is 7.76. The summed E-state index contributed by atoms with van der Waals surface area (Å²) in [5.41, 5.74) is 0.886. The van der Waals surface area contributed by atoms with Crippen molar-refractivity contribution in [3.63, 3.8) is 0 Å². The molecule has 1 aromatic carbocycles. The summed E-state index contributed by atoms with van der Waals surface area (Å²) in [7, 11) is 0. The summed E-state index contributed by atoms with van der Waals surface area (Å²) in [5, 5.41) is 3.05. The van der Waals surface area contributed by atoms with Gasteiger partial charge in [-0.3, -0.25) is 4.79 Å². The van der Waals surface area contributed by atoms with Crippen LogP contribution in [-0.2, 0) is 4.79 Å². The fraction of sp³-hybridized carbons (Fsp3) is 0.438. The number of benzene rings is 1. The van der Waals surface area contributed by atoms with Crippen LogP contribution in [0.4, 0.5) is 5.69 Å². The van der Waals surface area contributed by atoms with Crippen molar-refractivity contribution in [3.05, 3.63) is 40.9 Å². The Morgan fingerprint density at radius 1 is 1.16 bits per heavy atom. The van der Waals surface area contributed by atoms with E-state index in [2.05, 4.69) is 33.4 Å². The molecule has 0 aliphatic heterocycles. The zero-order valence-corrected chi connectivity index (χ0v) is 12.4. The summed E-state index contributed by atoms with van der Waals surface area (Å²) in [6, 6.07) is 7.80. The Labute approximate surface area is 122 Å². The molecule has 3 atom stereocenters. The summed E-state index contributed by atoms with van der Waals surface area (Å²) < 4.78 is 0.997. The molecule has 0 radical (unpaired) electrons. The molecular weight excluding hydrogens is 302 g/mol. The second kappa shape index (κ2) is 5.49. The SMILES string of the molecule is O=C(Nc1cccc(Br)c1)C1[C@H]2CC/C=C\CC[C@@H]12. The maximum Gasteiger partial charge on any atom is 0.228 e. The average Bonchev–Trinajstić information content (AvgIpc) is 3.00. The van der Waals surface area contributed by atoms with Crippen molar-refractivity contribution in [1.82, 2.24) is 0 Å². The van der Waals surface area contributed by atoms with Gasteiger partial charge in [0.05, 0.1) is 0 Å². The van der Waals surface area contributed by atoms with E-state index in [-0.39, 0.29) is 11.8 Å². The number of hydrogen-bond donors (Lipinski definition) is 1. The molecule has 0 spiro atoms. The van der Waals surface area contributed by atoms with E-state index in [9.17, 15) is 4.79 Å². The highest BCUT2D eigenvalue weighted by Crippen LogP contribution is 2.53. The molecule has 1 N–H and O–H groups in total. The van der Waals surface area contributed by atoms with Gasteiger partial charge in [0.15, 0.2) is 0 Å². The van der Waals surface area contributed by atoms with E-state index in [0.717, 1.165) is 35.8 Å². The molecule has 19 heavy (non-hydrogen) atoms. The Bertz CT molecular complexity index is 495. The second-order valence-electron chi connectivity index (χ2n) is 5.48. The molecule has 2 aliphatic rings. The van der Waals surface area contributed by atoms with Crippen molar-refractivity contribution < 1.29 is 4.79 Å². The maximum absolute atomic E-state index is 12.3. The zero-order chi connectivity index (χ0) is 13.2. The van der Waals surface area contributed by atoms with Gasteiger partial charge < -0.3 is 5.32 Å². The lowest BCUT2D eigenvalue weighted by atomic mass is 10.1. The standard InChI is InChI=1S/C16H18BrNO/c17-11-6-5-7-12(10-11)18-16(19)15-13-8-3-1-2-4-9-14(13)15/h1-2,5-7,10,13-15H,3-4,8-9H2,(H,18,19)/b2-1-/t13-,14+,15?. The third-order valence-corrected chi connectivity index (χ3v) is 4.72. The predicted molar refractivity (Wildman–Crippen MR) is 80.8 cm³/mol. The number of carbonyl (C=O) groups is 1. The zero-order valence-electron chi connectivity index (χ0n) is 10.8. The summed E-state index contributed by atoms with van der Waals surface area (Å²) in [6.07, 6.45) is 9.11.